The standard InChI is InChI=1S/C19H16F4N4O/c1-3-28-18-26-16(12-8-7-11(2)15(20)9-12)25-17(27-18)24-14-6-4-5-13(10-14)19(21,22)23/h4-10H,3H2,1-2H3,(H,24,25,26,27). The Morgan fingerprint density at radius 1 is 1.04 bits per heavy atom. The van der Waals surface area contributed by atoms with E-state index in [1.807, 2.05) is 0 Å². The summed E-state index contributed by atoms with van der Waals surface area (Å²) in [4.78, 5) is 12.4. The van der Waals surface area contributed by atoms with Gasteiger partial charge in [0.05, 0.1) is 12.2 Å². The summed E-state index contributed by atoms with van der Waals surface area (Å²) in [6, 6.07) is 9.08. The topological polar surface area (TPSA) is 59.9 Å². The van der Waals surface area contributed by atoms with Crippen molar-refractivity contribution in [1.82, 2.24) is 15.0 Å². The summed E-state index contributed by atoms with van der Waals surface area (Å²) in [5, 5.41) is 2.72. The molecule has 1 aromatic heterocycles. The number of ether oxygens (including phenoxy) is 1. The van der Waals surface area contributed by atoms with E-state index in [-0.39, 0.29) is 30.1 Å². The van der Waals surface area contributed by atoms with E-state index in [2.05, 4.69) is 20.3 Å². The molecule has 28 heavy (non-hydrogen) atoms. The quantitative estimate of drug-likeness (QED) is 0.609. The van der Waals surface area contributed by atoms with Gasteiger partial charge in [-0.1, -0.05) is 18.2 Å². The first-order chi connectivity index (χ1) is 13.3. The maximum Gasteiger partial charge on any atom is 0.416 e. The number of nitrogens with one attached hydrogen (secondary N) is 1. The lowest BCUT2D eigenvalue weighted by atomic mass is 10.1. The maximum absolute atomic E-state index is 13.9. The number of nitrogens with zero attached hydrogens (tertiary/aromatic N) is 3. The first-order valence-electron chi connectivity index (χ1n) is 8.36. The van der Waals surface area contributed by atoms with Gasteiger partial charge >= 0.3 is 12.2 Å². The van der Waals surface area contributed by atoms with Crippen molar-refractivity contribution in [1.29, 1.82) is 0 Å². The normalized spacial score (nSPS) is 11.4. The fourth-order valence-corrected chi connectivity index (χ4v) is 2.37. The van der Waals surface area contributed by atoms with Crippen LogP contribution < -0.4 is 10.1 Å². The molecule has 3 aromatic rings. The number of rotatable bonds is 5. The number of halogens is 4. The molecule has 0 spiro atoms. The highest BCUT2D eigenvalue weighted by molar-refractivity contribution is 5.60. The van der Waals surface area contributed by atoms with Crippen molar-refractivity contribution >= 4 is 11.6 Å². The summed E-state index contributed by atoms with van der Waals surface area (Å²) in [6.07, 6.45) is -4.47. The second kappa shape index (κ2) is 7.79. The van der Waals surface area contributed by atoms with Gasteiger partial charge in [-0.25, -0.2) is 4.39 Å². The number of aromatic nitrogens is 3. The fourth-order valence-electron chi connectivity index (χ4n) is 2.37. The number of aryl methyl sites for hydroxylation is 1. The highest BCUT2D eigenvalue weighted by atomic mass is 19.4. The molecule has 1 N–H and O–H groups in total. The Labute approximate surface area is 158 Å². The maximum atomic E-state index is 13.9. The van der Waals surface area contributed by atoms with Gasteiger partial charge in [0.25, 0.3) is 0 Å². The first kappa shape index (κ1) is 19.5. The molecule has 3 rings (SSSR count). The van der Waals surface area contributed by atoms with Gasteiger partial charge in [0, 0.05) is 11.3 Å². The van der Waals surface area contributed by atoms with Crippen molar-refractivity contribution in [2.75, 3.05) is 11.9 Å². The summed E-state index contributed by atoms with van der Waals surface area (Å²) in [6.45, 7) is 3.63. The van der Waals surface area contributed by atoms with Gasteiger partial charge in [-0.15, -0.1) is 0 Å². The third-order valence-electron chi connectivity index (χ3n) is 3.76. The van der Waals surface area contributed by atoms with E-state index in [1.54, 1.807) is 26.0 Å². The van der Waals surface area contributed by atoms with E-state index in [9.17, 15) is 17.6 Å². The molecule has 0 radical (unpaired) electrons. The van der Waals surface area contributed by atoms with Crippen molar-refractivity contribution in [2.24, 2.45) is 0 Å². The molecule has 0 saturated carbocycles. The van der Waals surface area contributed by atoms with Gasteiger partial charge in [0.1, 0.15) is 5.82 Å². The Morgan fingerprint density at radius 2 is 1.82 bits per heavy atom. The number of anilines is 2. The number of alkyl halides is 3. The fraction of sp³-hybridized carbons (Fsp3) is 0.211. The zero-order valence-electron chi connectivity index (χ0n) is 15.0. The molecule has 0 aliphatic heterocycles. The monoisotopic (exact) mass is 392 g/mol. The average Bonchev–Trinajstić information content (AvgIpc) is 2.63. The average molecular weight is 392 g/mol. The summed E-state index contributed by atoms with van der Waals surface area (Å²) in [7, 11) is 0. The van der Waals surface area contributed by atoms with Crippen molar-refractivity contribution in [2.45, 2.75) is 20.0 Å². The largest absolute Gasteiger partial charge is 0.464 e. The van der Waals surface area contributed by atoms with E-state index in [0.29, 0.717) is 11.1 Å². The molecular weight excluding hydrogens is 376 g/mol. The van der Waals surface area contributed by atoms with Gasteiger partial charge < -0.3 is 10.1 Å². The van der Waals surface area contributed by atoms with Crippen LogP contribution in [0.1, 0.15) is 18.1 Å². The van der Waals surface area contributed by atoms with Gasteiger partial charge in [-0.3, -0.25) is 0 Å². The Hall–Kier alpha value is -3.23. The lowest BCUT2D eigenvalue weighted by Gasteiger charge is -2.11. The van der Waals surface area contributed by atoms with Crippen LogP contribution in [0.15, 0.2) is 42.5 Å². The van der Waals surface area contributed by atoms with Crippen LogP contribution >= 0.6 is 0 Å². The minimum absolute atomic E-state index is 0.0197. The molecule has 146 valence electrons. The molecule has 0 fully saturated rings. The molecule has 0 aliphatic rings. The predicted molar refractivity (Wildman–Crippen MR) is 95.9 cm³/mol. The van der Waals surface area contributed by atoms with Crippen LogP contribution in [0.25, 0.3) is 11.4 Å². The van der Waals surface area contributed by atoms with Gasteiger partial charge in [-0.05, 0) is 43.7 Å². The highest BCUT2D eigenvalue weighted by Crippen LogP contribution is 2.31. The number of hydrogen-bond acceptors (Lipinski definition) is 5. The van der Waals surface area contributed by atoms with Crippen LogP contribution in [-0.2, 0) is 6.18 Å². The molecule has 9 heteroatoms. The lowest BCUT2D eigenvalue weighted by Crippen LogP contribution is -2.07. The zero-order chi connectivity index (χ0) is 20.3. The van der Waals surface area contributed by atoms with Crippen LogP contribution in [0.3, 0.4) is 0 Å². The van der Waals surface area contributed by atoms with Crippen molar-refractivity contribution in [3.8, 4) is 17.4 Å². The Kier molecular flexibility index (Phi) is 5.43. The summed E-state index contributed by atoms with van der Waals surface area (Å²) in [5.74, 6) is -0.316. The molecule has 0 amide bonds. The van der Waals surface area contributed by atoms with E-state index in [0.717, 1.165) is 12.1 Å². The van der Waals surface area contributed by atoms with E-state index in [1.165, 1.54) is 18.2 Å². The predicted octanol–water partition coefficient (Wildman–Crippen LogP) is 5.15. The van der Waals surface area contributed by atoms with Crippen LogP contribution in [-0.4, -0.2) is 21.6 Å². The van der Waals surface area contributed by atoms with Gasteiger partial charge in [-0.2, -0.15) is 28.1 Å². The Balaban J connectivity index is 1.99. The molecule has 1 heterocycles. The molecular formula is C19H16F4N4O. The van der Waals surface area contributed by atoms with Crippen molar-refractivity contribution in [3.05, 3.63) is 59.4 Å². The second-order valence-electron chi connectivity index (χ2n) is 5.87. The third kappa shape index (κ3) is 4.54. The molecule has 5 nitrogen and oxygen atoms in total. The van der Waals surface area contributed by atoms with Gasteiger partial charge in [0.2, 0.25) is 5.95 Å². The summed E-state index contributed by atoms with van der Waals surface area (Å²) >= 11 is 0. The van der Waals surface area contributed by atoms with Crippen LogP contribution in [0.2, 0.25) is 0 Å². The first-order valence-corrected chi connectivity index (χ1v) is 8.36. The lowest BCUT2D eigenvalue weighted by molar-refractivity contribution is -0.137. The van der Waals surface area contributed by atoms with Gasteiger partial charge in [0.15, 0.2) is 5.82 Å². The molecule has 0 atom stereocenters. The smallest absolute Gasteiger partial charge is 0.416 e. The number of hydrogen-bond donors (Lipinski definition) is 1. The van der Waals surface area contributed by atoms with Crippen LogP contribution in [0, 0.1) is 12.7 Å². The molecule has 0 saturated heterocycles. The van der Waals surface area contributed by atoms with Crippen LogP contribution in [0.4, 0.5) is 29.2 Å². The summed E-state index contributed by atoms with van der Waals surface area (Å²) < 4.78 is 57.9. The van der Waals surface area contributed by atoms with Crippen molar-refractivity contribution < 1.29 is 22.3 Å². The number of benzene rings is 2. The molecule has 0 unspecified atom stereocenters. The minimum atomic E-state index is -4.47. The Bertz CT molecular complexity index is 992. The van der Waals surface area contributed by atoms with E-state index in [4.69, 9.17) is 4.74 Å². The molecule has 0 aliphatic carbocycles. The SMILES string of the molecule is CCOc1nc(Nc2cccc(C(F)(F)F)c2)nc(-c2ccc(C)c(F)c2)n1. The second-order valence-corrected chi connectivity index (χ2v) is 5.87. The molecule has 2 aromatic carbocycles. The Morgan fingerprint density at radius 3 is 2.50 bits per heavy atom. The van der Waals surface area contributed by atoms with Crippen molar-refractivity contribution in [3.63, 3.8) is 0 Å². The summed E-state index contributed by atoms with van der Waals surface area (Å²) in [5.41, 5.74) is 0.186. The van der Waals surface area contributed by atoms with Crippen LogP contribution in [0.5, 0.6) is 6.01 Å². The van der Waals surface area contributed by atoms with E-state index < -0.39 is 17.6 Å². The molecule has 0 bridgehead atoms. The minimum Gasteiger partial charge on any atom is -0.464 e. The van der Waals surface area contributed by atoms with E-state index >= 15 is 0 Å². The highest BCUT2D eigenvalue weighted by Gasteiger charge is 2.30. The zero-order valence-corrected chi connectivity index (χ0v) is 15.0. The third-order valence-corrected chi connectivity index (χ3v) is 3.76.